The van der Waals surface area contributed by atoms with Crippen molar-refractivity contribution in [2.45, 2.75) is 58.2 Å². The van der Waals surface area contributed by atoms with E-state index in [1.54, 1.807) is 13.8 Å². The normalized spacial score (nSPS) is 12.4. The molecular formula is C21H29N3O5. The van der Waals surface area contributed by atoms with E-state index in [0.29, 0.717) is 25.7 Å². The standard InChI is InChI=1S/C21H29N3O5/c1-15(2)18(24-21(27)29-14-16-10-6-4-7-11-16)19(25)23-17(20(26)28-3)12-8-5-9-13-22/h4,6-7,10-11,15,17-18H,5,8-9,12,14H2,1-3H3,(H,23,25)(H,24,27)/t17-,18-/m0/s1. The maximum Gasteiger partial charge on any atom is 0.408 e. The molecule has 0 aromatic heterocycles. The van der Waals surface area contributed by atoms with Crippen LogP contribution in [0.15, 0.2) is 30.3 Å². The molecule has 2 amide bonds. The van der Waals surface area contributed by atoms with Gasteiger partial charge in [-0.3, -0.25) is 4.79 Å². The zero-order valence-corrected chi connectivity index (χ0v) is 17.1. The highest BCUT2D eigenvalue weighted by Crippen LogP contribution is 2.09. The molecule has 8 nitrogen and oxygen atoms in total. The summed E-state index contributed by atoms with van der Waals surface area (Å²) >= 11 is 0. The first kappa shape index (κ1) is 24.0. The fourth-order valence-electron chi connectivity index (χ4n) is 2.63. The van der Waals surface area contributed by atoms with Gasteiger partial charge in [-0.2, -0.15) is 5.26 Å². The molecule has 0 fully saturated rings. The quantitative estimate of drug-likeness (QED) is 0.433. The van der Waals surface area contributed by atoms with Crippen molar-refractivity contribution in [2.75, 3.05) is 7.11 Å². The van der Waals surface area contributed by atoms with E-state index >= 15 is 0 Å². The molecule has 0 unspecified atom stereocenters. The Balaban J connectivity index is 2.64. The van der Waals surface area contributed by atoms with Crippen LogP contribution in [0.5, 0.6) is 0 Å². The second kappa shape index (κ2) is 13.2. The van der Waals surface area contributed by atoms with E-state index in [9.17, 15) is 14.4 Å². The number of rotatable bonds is 11. The number of unbranched alkanes of at least 4 members (excludes halogenated alkanes) is 2. The SMILES string of the molecule is COC(=O)[C@H](CCCCC#N)NC(=O)[C@@H](NC(=O)OCc1ccccc1)C(C)C. The molecule has 0 spiro atoms. The first-order valence-electron chi connectivity index (χ1n) is 9.61. The van der Waals surface area contributed by atoms with Gasteiger partial charge in [0.05, 0.1) is 13.2 Å². The molecule has 1 aromatic carbocycles. The molecule has 1 aromatic rings. The third-order valence-electron chi connectivity index (χ3n) is 4.27. The minimum Gasteiger partial charge on any atom is -0.467 e. The Morgan fingerprint density at radius 3 is 2.38 bits per heavy atom. The van der Waals surface area contributed by atoms with Crippen molar-refractivity contribution in [3.63, 3.8) is 0 Å². The smallest absolute Gasteiger partial charge is 0.408 e. The van der Waals surface area contributed by atoms with Crippen LogP contribution in [0.3, 0.4) is 0 Å². The van der Waals surface area contributed by atoms with Crippen LogP contribution < -0.4 is 10.6 Å². The monoisotopic (exact) mass is 403 g/mol. The molecule has 0 aliphatic carbocycles. The van der Waals surface area contributed by atoms with E-state index in [0.717, 1.165) is 5.56 Å². The first-order chi connectivity index (χ1) is 13.9. The number of nitriles is 1. The predicted molar refractivity (Wildman–Crippen MR) is 106 cm³/mol. The summed E-state index contributed by atoms with van der Waals surface area (Å²) in [5.41, 5.74) is 0.830. The summed E-state index contributed by atoms with van der Waals surface area (Å²) in [4.78, 5) is 36.8. The summed E-state index contributed by atoms with van der Waals surface area (Å²) in [6.45, 7) is 3.65. The van der Waals surface area contributed by atoms with Crippen molar-refractivity contribution >= 4 is 18.0 Å². The Hall–Kier alpha value is -3.08. The highest BCUT2D eigenvalue weighted by molar-refractivity contribution is 5.89. The number of esters is 1. The van der Waals surface area contributed by atoms with Gasteiger partial charge in [0.2, 0.25) is 5.91 Å². The fraction of sp³-hybridized carbons (Fsp3) is 0.524. The predicted octanol–water partition coefficient (Wildman–Crippen LogP) is 2.68. The number of hydrogen-bond acceptors (Lipinski definition) is 6. The molecule has 2 atom stereocenters. The lowest BCUT2D eigenvalue weighted by Gasteiger charge is -2.24. The second-order valence-electron chi connectivity index (χ2n) is 6.92. The number of hydrogen-bond donors (Lipinski definition) is 2. The molecule has 0 saturated heterocycles. The Morgan fingerprint density at radius 2 is 1.79 bits per heavy atom. The number of methoxy groups -OCH3 is 1. The number of alkyl carbamates (subject to hydrolysis) is 1. The van der Waals surface area contributed by atoms with Gasteiger partial charge in [-0.25, -0.2) is 9.59 Å². The summed E-state index contributed by atoms with van der Waals surface area (Å²) in [6.07, 6.45) is 1.23. The summed E-state index contributed by atoms with van der Waals surface area (Å²) in [6, 6.07) is 9.52. The summed E-state index contributed by atoms with van der Waals surface area (Å²) in [5, 5.41) is 13.8. The summed E-state index contributed by atoms with van der Waals surface area (Å²) in [5.74, 6) is -1.28. The average molecular weight is 403 g/mol. The van der Waals surface area contributed by atoms with Gasteiger partial charge in [-0.1, -0.05) is 44.2 Å². The number of carbonyl (C=O) groups excluding carboxylic acids is 3. The second-order valence-corrected chi connectivity index (χ2v) is 6.92. The van der Waals surface area contributed by atoms with Crippen LogP contribution >= 0.6 is 0 Å². The van der Waals surface area contributed by atoms with Crippen LogP contribution in [0.4, 0.5) is 4.79 Å². The van der Waals surface area contributed by atoms with Gasteiger partial charge < -0.3 is 20.1 Å². The number of carbonyl (C=O) groups is 3. The first-order valence-corrected chi connectivity index (χ1v) is 9.61. The van der Waals surface area contributed by atoms with Crippen LogP contribution in [0.1, 0.15) is 45.1 Å². The topological polar surface area (TPSA) is 118 Å². The Morgan fingerprint density at radius 1 is 1.10 bits per heavy atom. The number of benzene rings is 1. The van der Waals surface area contributed by atoms with Crippen LogP contribution in [0.25, 0.3) is 0 Å². The molecule has 0 radical (unpaired) electrons. The minimum atomic E-state index is -0.871. The lowest BCUT2D eigenvalue weighted by molar-refractivity contribution is -0.145. The van der Waals surface area contributed by atoms with Crippen LogP contribution in [-0.2, 0) is 25.7 Å². The highest BCUT2D eigenvalue weighted by Gasteiger charge is 2.29. The molecular weight excluding hydrogens is 374 g/mol. The van der Waals surface area contributed by atoms with E-state index in [1.807, 2.05) is 36.4 Å². The van der Waals surface area contributed by atoms with Gasteiger partial charge in [0, 0.05) is 6.42 Å². The van der Waals surface area contributed by atoms with Gasteiger partial charge in [-0.05, 0) is 30.7 Å². The Labute approximate surface area is 171 Å². The van der Waals surface area contributed by atoms with Crippen molar-refractivity contribution in [2.24, 2.45) is 5.92 Å². The molecule has 0 saturated carbocycles. The van der Waals surface area contributed by atoms with E-state index in [1.165, 1.54) is 7.11 Å². The van der Waals surface area contributed by atoms with Gasteiger partial charge in [0.25, 0.3) is 0 Å². The van der Waals surface area contributed by atoms with Crippen molar-refractivity contribution < 1.29 is 23.9 Å². The van der Waals surface area contributed by atoms with Gasteiger partial charge >= 0.3 is 12.1 Å². The molecule has 29 heavy (non-hydrogen) atoms. The number of nitrogens with one attached hydrogen (secondary N) is 2. The van der Waals surface area contributed by atoms with Crippen LogP contribution in [-0.4, -0.2) is 37.2 Å². The third kappa shape index (κ3) is 9.10. The lowest BCUT2D eigenvalue weighted by Crippen LogP contribution is -2.53. The molecule has 0 bridgehead atoms. The van der Waals surface area contributed by atoms with Crippen molar-refractivity contribution in [3.05, 3.63) is 35.9 Å². The van der Waals surface area contributed by atoms with E-state index in [4.69, 9.17) is 14.7 Å². The zero-order valence-electron chi connectivity index (χ0n) is 17.1. The van der Waals surface area contributed by atoms with E-state index < -0.39 is 30.1 Å². The molecule has 0 heterocycles. The van der Waals surface area contributed by atoms with Gasteiger partial charge in [0.15, 0.2) is 0 Å². The maximum absolute atomic E-state index is 12.7. The van der Waals surface area contributed by atoms with Crippen molar-refractivity contribution in [3.8, 4) is 6.07 Å². The number of nitrogens with zero attached hydrogens (tertiary/aromatic N) is 1. The van der Waals surface area contributed by atoms with Gasteiger partial charge in [0.1, 0.15) is 18.7 Å². The Kier molecular flexibility index (Phi) is 10.9. The van der Waals surface area contributed by atoms with Gasteiger partial charge in [-0.15, -0.1) is 0 Å². The number of amides is 2. The number of ether oxygens (including phenoxy) is 2. The third-order valence-corrected chi connectivity index (χ3v) is 4.27. The molecule has 2 N–H and O–H groups in total. The Bertz CT molecular complexity index is 700. The zero-order chi connectivity index (χ0) is 21.6. The van der Waals surface area contributed by atoms with E-state index in [-0.39, 0.29) is 12.5 Å². The van der Waals surface area contributed by atoms with Crippen molar-refractivity contribution in [1.82, 2.24) is 10.6 Å². The fourth-order valence-corrected chi connectivity index (χ4v) is 2.63. The molecule has 8 heteroatoms. The van der Waals surface area contributed by atoms with Crippen LogP contribution in [0, 0.1) is 17.2 Å². The summed E-state index contributed by atoms with van der Waals surface area (Å²) in [7, 11) is 1.25. The molecule has 0 aliphatic rings. The summed E-state index contributed by atoms with van der Waals surface area (Å²) < 4.78 is 9.92. The molecule has 158 valence electrons. The maximum atomic E-state index is 12.7. The highest BCUT2D eigenvalue weighted by atomic mass is 16.5. The molecule has 1 rings (SSSR count). The van der Waals surface area contributed by atoms with E-state index in [2.05, 4.69) is 10.6 Å². The van der Waals surface area contributed by atoms with Crippen molar-refractivity contribution in [1.29, 1.82) is 5.26 Å². The van der Waals surface area contributed by atoms with Crippen LogP contribution in [0.2, 0.25) is 0 Å². The molecule has 0 aliphatic heterocycles. The average Bonchev–Trinajstić information content (AvgIpc) is 2.72. The lowest BCUT2D eigenvalue weighted by atomic mass is 10.0. The largest absolute Gasteiger partial charge is 0.467 e. The minimum absolute atomic E-state index is 0.0861.